The van der Waals surface area contributed by atoms with Crippen LogP contribution in [0.4, 0.5) is 0 Å². The summed E-state index contributed by atoms with van der Waals surface area (Å²) in [5.41, 5.74) is 0. The summed E-state index contributed by atoms with van der Waals surface area (Å²) in [7, 11) is 0. The summed E-state index contributed by atoms with van der Waals surface area (Å²) in [5, 5.41) is 0. The first-order chi connectivity index (χ1) is 11.0. The van der Waals surface area contributed by atoms with Gasteiger partial charge in [0.15, 0.2) is 0 Å². The van der Waals surface area contributed by atoms with E-state index in [0.29, 0.717) is 12.5 Å². The van der Waals surface area contributed by atoms with Crippen molar-refractivity contribution in [3.05, 3.63) is 0 Å². The van der Waals surface area contributed by atoms with Gasteiger partial charge in [0.05, 0.1) is 31.5 Å². The van der Waals surface area contributed by atoms with E-state index in [4.69, 9.17) is 9.47 Å². The molecule has 23 heavy (non-hydrogen) atoms. The lowest BCUT2D eigenvalue weighted by molar-refractivity contribution is -0.925. The second-order valence-electron chi connectivity index (χ2n) is 7.51. The number of fused-ring (bicyclic) bond motifs is 1. The monoisotopic (exact) mass is 324 g/mol. The molecule has 0 amide bonds. The van der Waals surface area contributed by atoms with Crippen molar-refractivity contribution in [1.29, 1.82) is 0 Å². The Kier molecular flexibility index (Phi) is 4.68. The predicted octanol–water partition coefficient (Wildman–Crippen LogP) is 1.99. The molecule has 3 aliphatic rings. The zero-order chi connectivity index (χ0) is 16.6. The van der Waals surface area contributed by atoms with Gasteiger partial charge in [0, 0.05) is 5.92 Å². The molecular weight excluding hydrogens is 294 g/mol. The molecule has 0 spiro atoms. The van der Waals surface area contributed by atoms with Crippen LogP contribution in [0.3, 0.4) is 0 Å². The van der Waals surface area contributed by atoms with Crippen LogP contribution in [0.5, 0.6) is 0 Å². The third-order valence-electron chi connectivity index (χ3n) is 6.60. The maximum Gasteiger partial charge on any atom is 0.310 e. The number of carbonyl (C=O) groups excluding carboxylic acids is 2. The molecule has 3 fully saturated rings. The van der Waals surface area contributed by atoms with Crippen molar-refractivity contribution < 1.29 is 23.5 Å². The van der Waals surface area contributed by atoms with Gasteiger partial charge in [0.1, 0.15) is 19.3 Å². The van der Waals surface area contributed by atoms with Gasteiger partial charge in [-0.2, -0.15) is 0 Å². The van der Waals surface area contributed by atoms with Crippen molar-refractivity contribution in [2.24, 2.45) is 23.7 Å². The van der Waals surface area contributed by atoms with E-state index in [1.165, 1.54) is 0 Å². The molecule has 1 aliphatic heterocycles. The van der Waals surface area contributed by atoms with Gasteiger partial charge in [0.25, 0.3) is 0 Å². The van der Waals surface area contributed by atoms with Crippen LogP contribution in [0.15, 0.2) is 0 Å². The van der Waals surface area contributed by atoms with E-state index in [9.17, 15) is 9.59 Å². The summed E-state index contributed by atoms with van der Waals surface area (Å²) >= 11 is 0. The highest BCUT2D eigenvalue weighted by Gasteiger charge is 2.64. The van der Waals surface area contributed by atoms with Crippen LogP contribution in [-0.2, 0) is 19.1 Å². The molecule has 5 nitrogen and oxygen atoms in total. The molecule has 0 aromatic rings. The highest BCUT2D eigenvalue weighted by atomic mass is 16.6. The number of quaternary nitrogens is 1. The van der Waals surface area contributed by atoms with Crippen LogP contribution < -0.4 is 0 Å². The smallest absolute Gasteiger partial charge is 0.310 e. The number of carbonyl (C=O) groups is 2. The molecule has 0 aromatic heterocycles. The molecule has 1 heterocycles. The van der Waals surface area contributed by atoms with E-state index in [1.807, 2.05) is 0 Å². The molecule has 2 bridgehead atoms. The summed E-state index contributed by atoms with van der Waals surface area (Å²) in [5.74, 6) is -0.240. The summed E-state index contributed by atoms with van der Waals surface area (Å²) < 4.78 is 12.0. The molecule has 5 atom stereocenters. The van der Waals surface area contributed by atoms with Gasteiger partial charge in [-0.25, -0.2) is 0 Å². The first-order valence-corrected chi connectivity index (χ1v) is 9.27. The minimum Gasteiger partial charge on any atom is -0.462 e. The fourth-order valence-corrected chi connectivity index (χ4v) is 5.20. The number of esters is 2. The van der Waals surface area contributed by atoms with Crippen LogP contribution in [-0.4, -0.2) is 55.3 Å². The number of rotatable bonds is 8. The van der Waals surface area contributed by atoms with Crippen molar-refractivity contribution in [1.82, 2.24) is 0 Å². The molecule has 5 heteroatoms. The van der Waals surface area contributed by atoms with Gasteiger partial charge in [-0.3, -0.25) is 9.59 Å². The van der Waals surface area contributed by atoms with Crippen LogP contribution in [0.1, 0.15) is 40.0 Å². The molecule has 0 aromatic carbocycles. The Morgan fingerprint density at radius 2 is 1.96 bits per heavy atom. The lowest BCUT2D eigenvalue weighted by Crippen LogP contribution is -2.50. The van der Waals surface area contributed by atoms with Crippen LogP contribution in [0.25, 0.3) is 0 Å². The van der Waals surface area contributed by atoms with Gasteiger partial charge < -0.3 is 14.0 Å². The minimum absolute atomic E-state index is 0.0793. The Bertz CT molecular complexity index is 472. The van der Waals surface area contributed by atoms with Crippen molar-refractivity contribution >= 4 is 11.9 Å². The summed E-state index contributed by atoms with van der Waals surface area (Å²) in [6, 6.07) is 0. The summed E-state index contributed by atoms with van der Waals surface area (Å²) in [4.78, 5) is 24.5. The summed E-state index contributed by atoms with van der Waals surface area (Å²) in [6.45, 7) is 11.2. The number of hydrogen-bond donors (Lipinski definition) is 0. The average molecular weight is 324 g/mol. The Balaban J connectivity index is 1.55. The first-order valence-electron chi connectivity index (χ1n) is 9.27. The number of hydrogen-bond acceptors (Lipinski definition) is 4. The van der Waals surface area contributed by atoms with Crippen LogP contribution in [0.2, 0.25) is 0 Å². The highest BCUT2D eigenvalue weighted by molar-refractivity contribution is 5.85. The highest BCUT2D eigenvalue weighted by Crippen LogP contribution is 2.57. The van der Waals surface area contributed by atoms with Gasteiger partial charge in [-0.15, -0.1) is 0 Å². The maximum absolute atomic E-state index is 12.6. The van der Waals surface area contributed by atoms with Crippen molar-refractivity contribution in [2.45, 2.75) is 46.1 Å². The standard InChI is InChI=1S/C18H30NO4/c1-4-7-19(5-2,6-3)8-9-22-17(20)15-12-10-13-14(11-12)23-18(21)16(13)15/h12-16H,4-11H2,1-3H3/q+1. The van der Waals surface area contributed by atoms with Crippen molar-refractivity contribution in [2.75, 3.05) is 32.8 Å². The number of ether oxygens (including phenoxy) is 2. The quantitative estimate of drug-likeness (QED) is 0.506. The van der Waals surface area contributed by atoms with Gasteiger partial charge in [-0.05, 0) is 39.0 Å². The van der Waals surface area contributed by atoms with Crippen molar-refractivity contribution in [3.8, 4) is 0 Å². The predicted molar refractivity (Wildman–Crippen MR) is 85.4 cm³/mol. The molecule has 2 aliphatic carbocycles. The van der Waals surface area contributed by atoms with E-state index in [-0.39, 0.29) is 35.8 Å². The number of likely N-dealkylation sites (N-methyl/N-ethyl adjacent to an activating group) is 1. The Hall–Kier alpha value is -1.10. The van der Waals surface area contributed by atoms with E-state index in [2.05, 4.69) is 20.8 Å². The Labute approximate surface area is 138 Å². The van der Waals surface area contributed by atoms with E-state index in [1.54, 1.807) is 0 Å². The lowest BCUT2D eigenvalue weighted by atomic mass is 9.80. The molecule has 2 saturated carbocycles. The molecule has 0 radical (unpaired) electrons. The first kappa shape index (κ1) is 16.7. The zero-order valence-electron chi connectivity index (χ0n) is 14.6. The van der Waals surface area contributed by atoms with Crippen molar-refractivity contribution in [3.63, 3.8) is 0 Å². The second-order valence-corrected chi connectivity index (χ2v) is 7.51. The fraction of sp³-hybridized carbons (Fsp3) is 0.889. The fourth-order valence-electron chi connectivity index (χ4n) is 5.20. The van der Waals surface area contributed by atoms with E-state index >= 15 is 0 Å². The SMILES string of the molecule is CCC[N+](CC)(CC)CCOC(=O)C1C2CC3OC(=O)C1C3C2. The van der Waals surface area contributed by atoms with E-state index in [0.717, 1.165) is 49.9 Å². The Morgan fingerprint density at radius 1 is 1.22 bits per heavy atom. The molecule has 1 saturated heterocycles. The van der Waals surface area contributed by atoms with Gasteiger partial charge in [-0.1, -0.05) is 6.92 Å². The zero-order valence-corrected chi connectivity index (χ0v) is 14.6. The third kappa shape index (κ3) is 2.77. The molecular formula is C18H30NO4+. The Morgan fingerprint density at radius 3 is 2.61 bits per heavy atom. The number of nitrogens with zero attached hydrogens (tertiary/aromatic N) is 1. The minimum atomic E-state index is -0.248. The molecule has 0 N–H and O–H groups in total. The third-order valence-corrected chi connectivity index (χ3v) is 6.60. The molecule has 3 rings (SSSR count). The normalized spacial score (nSPS) is 34.7. The lowest BCUT2D eigenvalue weighted by Gasteiger charge is -2.36. The molecule has 5 unspecified atom stereocenters. The van der Waals surface area contributed by atoms with Gasteiger partial charge >= 0.3 is 11.9 Å². The second kappa shape index (κ2) is 6.42. The van der Waals surface area contributed by atoms with Crippen LogP contribution >= 0.6 is 0 Å². The summed E-state index contributed by atoms with van der Waals surface area (Å²) in [6.07, 6.45) is 3.03. The van der Waals surface area contributed by atoms with E-state index < -0.39 is 0 Å². The molecule has 130 valence electrons. The maximum atomic E-state index is 12.6. The topological polar surface area (TPSA) is 52.6 Å². The van der Waals surface area contributed by atoms with Gasteiger partial charge in [0.2, 0.25) is 0 Å². The largest absolute Gasteiger partial charge is 0.462 e. The average Bonchev–Trinajstić information content (AvgIpc) is 3.15. The van der Waals surface area contributed by atoms with Crippen LogP contribution in [0, 0.1) is 23.7 Å².